The average Bonchev–Trinajstić information content (AvgIpc) is 2.48. The van der Waals surface area contributed by atoms with Crippen molar-refractivity contribution in [2.45, 2.75) is 70.3 Å². The molecule has 0 saturated heterocycles. The number of nitrogens with one attached hydrogen (secondary N) is 1. The van der Waals surface area contributed by atoms with E-state index < -0.39 is 0 Å². The number of carbonyl (C=O) groups is 1. The minimum absolute atomic E-state index is 0.0647. The van der Waals surface area contributed by atoms with Crippen LogP contribution in [0.25, 0.3) is 0 Å². The second-order valence-corrected chi connectivity index (χ2v) is 6.90. The number of carbonyl (C=O) groups excluding carboxylic acids is 1. The Kier molecular flexibility index (Phi) is 5.85. The van der Waals surface area contributed by atoms with Gasteiger partial charge in [0.15, 0.2) is 0 Å². The molecule has 4 nitrogen and oxygen atoms in total. The molecule has 0 radical (unpaired) electrons. The molecule has 116 valence electrons. The largest absolute Gasteiger partial charge is 0.353 e. The van der Waals surface area contributed by atoms with Crippen LogP contribution in [0.3, 0.4) is 0 Å². The molecule has 2 atom stereocenters. The van der Waals surface area contributed by atoms with E-state index in [0.717, 1.165) is 25.7 Å². The summed E-state index contributed by atoms with van der Waals surface area (Å²) >= 11 is 0. The van der Waals surface area contributed by atoms with Crippen LogP contribution in [-0.2, 0) is 4.79 Å². The molecule has 1 amide bonds. The Morgan fingerprint density at radius 1 is 1.05 bits per heavy atom. The molecule has 2 saturated carbocycles. The van der Waals surface area contributed by atoms with Crippen molar-refractivity contribution in [1.29, 1.82) is 0 Å². The van der Waals surface area contributed by atoms with Gasteiger partial charge in [-0.05, 0) is 50.1 Å². The summed E-state index contributed by atoms with van der Waals surface area (Å²) in [6, 6.07) is 0.291. The fraction of sp³-hybridized carbons (Fsp3) is 0.938. The molecule has 0 heterocycles. The summed E-state index contributed by atoms with van der Waals surface area (Å²) in [5.74, 6) is 0.663. The fourth-order valence-corrected chi connectivity index (χ4v) is 4.03. The lowest BCUT2D eigenvalue weighted by molar-refractivity contribution is -0.125. The van der Waals surface area contributed by atoms with Gasteiger partial charge >= 0.3 is 0 Å². The monoisotopic (exact) mass is 281 g/mol. The molecule has 0 aliphatic heterocycles. The molecule has 2 fully saturated rings. The predicted octanol–water partition coefficient (Wildman–Crippen LogP) is 1.92. The van der Waals surface area contributed by atoms with E-state index in [1.807, 2.05) is 0 Å². The first-order chi connectivity index (χ1) is 9.69. The number of rotatable bonds is 5. The van der Waals surface area contributed by atoms with Crippen LogP contribution in [0.1, 0.15) is 64.2 Å². The van der Waals surface area contributed by atoms with Crippen molar-refractivity contribution in [2.75, 3.05) is 13.1 Å². The van der Waals surface area contributed by atoms with Crippen molar-refractivity contribution in [3.63, 3.8) is 0 Å². The molecule has 0 aromatic carbocycles. The Balaban J connectivity index is 1.87. The fourth-order valence-electron chi connectivity index (χ4n) is 4.03. The molecule has 0 spiro atoms. The number of amides is 1. The quantitative estimate of drug-likeness (QED) is 0.720. The van der Waals surface area contributed by atoms with Gasteiger partial charge in [0, 0.05) is 12.5 Å². The lowest BCUT2D eigenvalue weighted by Gasteiger charge is -2.37. The first-order valence-corrected chi connectivity index (χ1v) is 8.39. The van der Waals surface area contributed by atoms with Crippen LogP contribution in [0.5, 0.6) is 0 Å². The van der Waals surface area contributed by atoms with Gasteiger partial charge in [-0.25, -0.2) is 0 Å². The lowest BCUT2D eigenvalue weighted by Crippen LogP contribution is -2.47. The number of nitrogens with two attached hydrogens (primary N) is 2. The van der Waals surface area contributed by atoms with Gasteiger partial charge in [-0.2, -0.15) is 0 Å². The van der Waals surface area contributed by atoms with Crippen molar-refractivity contribution in [1.82, 2.24) is 5.32 Å². The normalized spacial score (nSPS) is 29.9. The zero-order valence-electron chi connectivity index (χ0n) is 12.7. The van der Waals surface area contributed by atoms with E-state index in [9.17, 15) is 4.79 Å². The van der Waals surface area contributed by atoms with Crippen LogP contribution in [0.15, 0.2) is 0 Å². The van der Waals surface area contributed by atoms with Gasteiger partial charge in [0.2, 0.25) is 5.91 Å². The van der Waals surface area contributed by atoms with Crippen LogP contribution in [0, 0.1) is 11.3 Å². The van der Waals surface area contributed by atoms with Gasteiger partial charge in [0.1, 0.15) is 0 Å². The summed E-state index contributed by atoms with van der Waals surface area (Å²) in [6.07, 6.45) is 11.3. The molecule has 2 aliphatic rings. The highest BCUT2D eigenvalue weighted by Gasteiger charge is 2.34. The average molecular weight is 281 g/mol. The third-order valence-electron chi connectivity index (χ3n) is 5.44. The van der Waals surface area contributed by atoms with Crippen LogP contribution in [-0.4, -0.2) is 25.0 Å². The van der Waals surface area contributed by atoms with Gasteiger partial charge in [0.05, 0.1) is 0 Å². The van der Waals surface area contributed by atoms with Crippen LogP contribution in [0.4, 0.5) is 0 Å². The van der Waals surface area contributed by atoms with Gasteiger partial charge in [-0.3, -0.25) is 4.79 Å². The maximum Gasteiger partial charge on any atom is 0.220 e. The van der Waals surface area contributed by atoms with Gasteiger partial charge in [0.25, 0.3) is 0 Å². The third-order valence-corrected chi connectivity index (χ3v) is 5.44. The van der Waals surface area contributed by atoms with Gasteiger partial charge < -0.3 is 16.8 Å². The molecule has 4 heteroatoms. The summed E-state index contributed by atoms with van der Waals surface area (Å²) in [4.78, 5) is 12.4. The van der Waals surface area contributed by atoms with Crippen molar-refractivity contribution >= 4 is 5.91 Å². The van der Waals surface area contributed by atoms with E-state index in [4.69, 9.17) is 11.5 Å². The molecule has 20 heavy (non-hydrogen) atoms. The maximum absolute atomic E-state index is 12.4. The minimum atomic E-state index is 0.0647. The number of hydrogen-bond acceptors (Lipinski definition) is 3. The Labute approximate surface area is 123 Å². The zero-order valence-corrected chi connectivity index (χ0v) is 12.7. The summed E-state index contributed by atoms with van der Waals surface area (Å²) in [5.41, 5.74) is 11.9. The summed E-state index contributed by atoms with van der Waals surface area (Å²) in [5, 5.41) is 3.25. The first-order valence-electron chi connectivity index (χ1n) is 8.39. The van der Waals surface area contributed by atoms with E-state index in [0.29, 0.717) is 31.5 Å². The van der Waals surface area contributed by atoms with Gasteiger partial charge in [-0.15, -0.1) is 0 Å². The Morgan fingerprint density at radius 2 is 1.75 bits per heavy atom. The van der Waals surface area contributed by atoms with Crippen molar-refractivity contribution in [3.05, 3.63) is 0 Å². The standard InChI is InChI=1S/C16H31N3O/c17-11-13-6-2-3-7-14(13)19-15(20)10-16(12-18)8-4-1-5-9-16/h13-14H,1-12,17-18H2,(H,19,20). The third kappa shape index (κ3) is 3.95. The van der Waals surface area contributed by atoms with Crippen molar-refractivity contribution in [2.24, 2.45) is 22.8 Å². The summed E-state index contributed by atoms with van der Waals surface area (Å²) in [7, 11) is 0. The molecule has 5 N–H and O–H groups in total. The van der Waals surface area contributed by atoms with Crippen molar-refractivity contribution < 1.29 is 4.79 Å². The molecule has 2 aliphatic carbocycles. The Morgan fingerprint density at radius 3 is 2.40 bits per heavy atom. The molecular weight excluding hydrogens is 250 g/mol. The SMILES string of the molecule is NCC1CCCCC1NC(=O)CC1(CN)CCCCC1. The molecular formula is C16H31N3O. The first kappa shape index (κ1) is 15.8. The lowest BCUT2D eigenvalue weighted by atomic mass is 9.71. The van der Waals surface area contributed by atoms with Crippen LogP contribution in [0.2, 0.25) is 0 Å². The van der Waals surface area contributed by atoms with E-state index in [-0.39, 0.29) is 11.3 Å². The highest BCUT2D eigenvalue weighted by atomic mass is 16.1. The second kappa shape index (κ2) is 7.41. The van der Waals surface area contributed by atoms with E-state index >= 15 is 0 Å². The highest BCUT2D eigenvalue weighted by molar-refractivity contribution is 5.77. The van der Waals surface area contributed by atoms with E-state index in [1.54, 1.807) is 0 Å². The summed E-state index contributed by atoms with van der Waals surface area (Å²) < 4.78 is 0. The Bertz CT molecular complexity index is 313. The van der Waals surface area contributed by atoms with Crippen molar-refractivity contribution in [3.8, 4) is 0 Å². The second-order valence-electron chi connectivity index (χ2n) is 6.90. The topological polar surface area (TPSA) is 81.1 Å². The zero-order chi connectivity index (χ0) is 14.4. The molecule has 2 unspecified atom stereocenters. The maximum atomic E-state index is 12.4. The molecule has 0 bridgehead atoms. The number of hydrogen-bond donors (Lipinski definition) is 3. The van der Waals surface area contributed by atoms with E-state index in [1.165, 1.54) is 32.1 Å². The minimum Gasteiger partial charge on any atom is -0.353 e. The molecule has 0 aromatic rings. The molecule has 2 rings (SSSR count). The van der Waals surface area contributed by atoms with Gasteiger partial charge in [-0.1, -0.05) is 32.1 Å². The highest BCUT2D eigenvalue weighted by Crippen LogP contribution is 2.38. The summed E-state index contributed by atoms with van der Waals surface area (Å²) in [6.45, 7) is 1.33. The van der Waals surface area contributed by atoms with Crippen LogP contribution >= 0.6 is 0 Å². The van der Waals surface area contributed by atoms with E-state index in [2.05, 4.69) is 5.32 Å². The van der Waals surface area contributed by atoms with Crippen LogP contribution < -0.4 is 16.8 Å². The molecule has 0 aromatic heterocycles. The predicted molar refractivity (Wildman–Crippen MR) is 82.1 cm³/mol. The Hall–Kier alpha value is -0.610. The smallest absolute Gasteiger partial charge is 0.220 e.